The Morgan fingerprint density at radius 1 is 1.07 bits per heavy atom. The number of nitrogens with zero attached hydrogens (tertiary/aromatic N) is 5. The number of aromatic amines is 1. The Labute approximate surface area is 239 Å². The highest BCUT2D eigenvalue weighted by atomic mass is 35.5. The first-order valence-corrected chi connectivity index (χ1v) is 15.1. The molecule has 40 heavy (non-hydrogen) atoms. The molecule has 0 amide bonds. The zero-order chi connectivity index (χ0) is 27.0. The lowest BCUT2D eigenvalue weighted by Crippen LogP contribution is -2.33. The molecule has 2 unspecified atom stereocenters. The van der Waals surface area contributed by atoms with Crippen molar-refractivity contribution in [1.29, 1.82) is 0 Å². The number of likely N-dealkylation sites (N-methyl/N-ethyl adjacent to an activating group) is 1. The third kappa shape index (κ3) is 4.10. The third-order valence-corrected chi connectivity index (χ3v) is 9.80. The van der Waals surface area contributed by atoms with E-state index in [0.29, 0.717) is 29.7 Å². The molecule has 3 atom stereocenters. The second-order valence-corrected chi connectivity index (χ2v) is 12.7. The molecule has 208 valence electrons. The normalized spacial score (nSPS) is 24.6. The maximum atomic E-state index is 7.23. The van der Waals surface area contributed by atoms with E-state index in [1.54, 1.807) is 0 Å². The van der Waals surface area contributed by atoms with Crippen molar-refractivity contribution in [3.8, 4) is 22.9 Å². The minimum atomic E-state index is 0.169. The van der Waals surface area contributed by atoms with E-state index in [1.165, 1.54) is 25.7 Å². The molecule has 2 saturated carbocycles. The number of aromatic nitrogens is 4. The van der Waals surface area contributed by atoms with E-state index in [2.05, 4.69) is 52.2 Å². The zero-order valence-electron chi connectivity index (χ0n) is 23.1. The van der Waals surface area contributed by atoms with Gasteiger partial charge in [0.2, 0.25) is 0 Å². The van der Waals surface area contributed by atoms with Crippen LogP contribution in [0.15, 0.2) is 24.4 Å². The maximum absolute atomic E-state index is 7.23. The summed E-state index contributed by atoms with van der Waals surface area (Å²) in [4.78, 5) is 15.0. The molecule has 2 aliphatic heterocycles. The smallest absolute Gasteiger partial charge is 0.319 e. The number of H-pyrrole nitrogens is 1. The third-order valence-electron chi connectivity index (χ3n) is 9.51. The van der Waals surface area contributed by atoms with Crippen molar-refractivity contribution in [3.05, 3.63) is 35.0 Å². The second kappa shape index (κ2) is 9.48. The van der Waals surface area contributed by atoms with E-state index in [1.807, 2.05) is 6.20 Å². The number of piperidine rings is 1. The molecule has 2 aromatic carbocycles. The number of hydrogen-bond acceptors (Lipinski definition) is 7. The zero-order valence-corrected chi connectivity index (χ0v) is 23.9. The summed E-state index contributed by atoms with van der Waals surface area (Å²) in [6.45, 7) is 4.82. The van der Waals surface area contributed by atoms with Crippen LogP contribution in [-0.4, -0.2) is 70.0 Å². The Balaban J connectivity index is 1.34. The largest absolute Gasteiger partial charge is 0.487 e. The van der Waals surface area contributed by atoms with E-state index in [4.69, 9.17) is 31.0 Å². The molecule has 8 nitrogen and oxygen atoms in total. The molecule has 4 fully saturated rings. The fraction of sp³-hybridized carbons (Fsp3) is 0.516. The topological polar surface area (TPSA) is 79.4 Å². The van der Waals surface area contributed by atoms with Gasteiger partial charge < -0.3 is 19.3 Å². The van der Waals surface area contributed by atoms with Crippen LogP contribution in [0.25, 0.3) is 32.9 Å². The highest BCUT2D eigenvalue weighted by Gasteiger charge is 2.40. The molecule has 4 aliphatic rings. The van der Waals surface area contributed by atoms with Crippen LogP contribution in [-0.2, 0) is 0 Å². The van der Waals surface area contributed by atoms with Gasteiger partial charge in [-0.3, -0.25) is 5.10 Å². The predicted molar refractivity (Wildman–Crippen MR) is 158 cm³/mol. The first-order chi connectivity index (χ1) is 19.5. The van der Waals surface area contributed by atoms with Crippen molar-refractivity contribution in [2.75, 3.05) is 31.6 Å². The molecule has 2 saturated heterocycles. The number of rotatable bonds is 7. The Kier molecular flexibility index (Phi) is 5.85. The van der Waals surface area contributed by atoms with E-state index < -0.39 is 0 Å². The first-order valence-electron chi connectivity index (χ1n) is 14.8. The fourth-order valence-corrected chi connectivity index (χ4v) is 7.45. The number of fused-ring (bicyclic) bond motifs is 4. The number of likely N-dealkylation sites (tertiary alicyclic amines) is 1. The van der Waals surface area contributed by atoms with Crippen molar-refractivity contribution in [1.82, 2.24) is 25.1 Å². The summed E-state index contributed by atoms with van der Waals surface area (Å²) in [6, 6.07) is 7.54. The summed E-state index contributed by atoms with van der Waals surface area (Å²) >= 11 is 7.23. The van der Waals surface area contributed by atoms with Crippen LogP contribution in [0.1, 0.15) is 50.5 Å². The van der Waals surface area contributed by atoms with Gasteiger partial charge in [-0.05, 0) is 89.1 Å². The summed E-state index contributed by atoms with van der Waals surface area (Å²) in [5, 5.41) is 10.1. The number of halogens is 1. The summed E-state index contributed by atoms with van der Waals surface area (Å²) in [7, 11) is 2.17. The molecular formula is C31H35ClN6O2. The molecule has 1 N–H and O–H groups in total. The lowest BCUT2D eigenvalue weighted by Gasteiger charge is -2.30. The highest BCUT2D eigenvalue weighted by Crippen LogP contribution is 2.50. The molecule has 4 heterocycles. The Hall–Kier alpha value is -3.10. The minimum Gasteiger partial charge on any atom is -0.487 e. The minimum absolute atomic E-state index is 0.169. The van der Waals surface area contributed by atoms with Gasteiger partial charge in [-0.2, -0.15) is 15.1 Å². The quantitative estimate of drug-likeness (QED) is 0.292. The summed E-state index contributed by atoms with van der Waals surface area (Å²) in [6.07, 6.45) is 10.2. The van der Waals surface area contributed by atoms with E-state index >= 15 is 0 Å². The SMILES string of the molecule is Cc1ccc2[nH]ncc2c1-c1c(Cl)cc2c(N3CC4CCC3C4)nc(OC[C@@H]3CCCN3C)nc2c1OC1CC1. The van der Waals surface area contributed by atoms with Crippen molar-refractivity contribution in [3.63, 3.8) is 0 Å². The molecule has 8 rings (SSSR count). The van der Waals surface area contributed by atoms with E-state index in [9.17, 15) is 0 Å². The lowest BCUT2D eigenvalue weighted by atomic mass is 9.94. The lowest BCUT2D eigenvalue weighted by molar-refractivity contribution is 0.188. The average molecular weight is 559 g/mol. The van der Waals surface area contributed by atoms with Crippen LogP contribution >= 0.6 is 11.6 Å². The Morgan fingerprint density at radius 3 is 2.73 bits per heavy atom. The molecule has 0 radical (unpaired) electrons. The molecule has 4 aromatic rings. The van der Waals surface area contributed by atoms with Crippen LogP contribution in [0, 0.1) is 12.8 Å². The summed E-state index contributed by atoms with van der Waals surface area (Å²) in [5.41, 5.74) is 4.77. The van der Waals surface area contributed by atoms with Crippen LogP contribution in [0.3, 0.4) is 0 Å². The monoisotopic (exact) mass is 558 g/mol. The molecule has 2 aliphatic carbocycles. The van der Waals surface area contributed by atoms with E-state index in [0.717, 1.165) is 88.3 Å². The highest BCUT2D eigenvalue weighted by molar-refractivity contribution is 6.35. The van der Waals surface area contributed by atoms with Gasteiger partial charge in [0, 0.05) is 40.5 Å². The summed E-state index contributed by atoms with van der Waals surface area (Å²) in [5.74, 6) is 2.39. The number of anilines is 1. The number of nitrogens with one attached hydrogen (secondary N) is 1. The van der Waals surface area contributed by atoms with Crippen molar-refractivity contribution >= 4 is 39.2 Å². The van der Waals surface area contributed by atoms with Gasteiger partial charge in [-0.1, -0.05) is 17.7 Å². The van der Waals surface area contributed by atoms with Gasteiger partial charge in [0.05, 0.1) is 22.8 Å². The van der Waals surface area contributed by atoms with Gasteiger partial charge in [-0.15, -0.1) is 0 Å². The number of ether oxygens (including phenoxy) is 2. The molecule has 2 aromatic heterocycles. The average Bonchev–Trinajstić information content (AvgIpc) is 3.34. The van der Waals surface area contributed by atoms with Crippen molar-refractivity contribution in [2.24, 2.45) is 5.92 Å². The number of benzene rings is 2. The van der Waals surface area contributed by atoms with Crippen LogP contribution in [0.4, 0.5) is 5.82 Å². The van der Waals surface area contributed by atoms with Crippen LogP contribution < -0.4 is 14.4 Å². The molecule has 9 heteroatoms. The van der Waals surface area contributed by atoms with Crippen molar-refractivity contribution < 1.29 is 9.47 Å². The maximum Gasteiger partial charge on any atom is 0.319 e. The first kappa shape index (κ1) is 24.7. The Bertz CT molecular complexity index is 1620. The molecule has 2 bridgehead atoms. The van der Waals surface area contributed by atoms with Gasteiger partial charge >= 0.3 is 6.01 Å². The fourth-order valence-electron chi connectivity index (χ4n) is 7.16. The van der Waals surface area contributed by atoms with Gasteiger partial charge in [-0.25, -0.2) is 0 Å². The predicted octanol–water partition coefficient (Wildman–Crippen LogP) is 6.14. The van der Waals surface area contributed by atoms with E-state index in [-0.39, 0.29) is 6.10 Å². The van der Waals surface area contributed by atoms with Crippen LogP contribution in [0.2, 0.25) is 5.02 Å². The van der Waals surface area contributed by atoms with Gasteiger partial charge in [0.1, 0.15) is 17.9 Å². The van der Waals surface area contributed by atoms with Gasteiger partial charge in [0.15, 0.2) is 5.75 Å². The Morgan fingerprint density at radius 2 is 1.98 bits per heavy atom. The number of aryl methyl sites for hydroxylation is 1. The standard InChI is InChI=1S/C31H35ClN6O2/c1-17-5-10-25-23(14-33-36-25)26(17)27-24(32)13-22-28(29(27)40-21-8-9-21)34-31(39-16-20-4-3-11-37(20)2)35-30(22)38-15-18-6-7-19(38)12-18/h5,10,13-14,18-21H,3-4,6-9,11-12,15-16H2,1-2H3,(H,33,36)/t18?,19?,20-/m0/s1. The molecular weight excluding hydrogens is 524 g/mol. The van der Waals surface area contributed by atoms with Crippen molar-refractivity contribution in [2.45, 2.75) is 70.1 Å². The summed E-state index contributed by atoms with van der Waals surface area (Å²) < 4.78 is 13.1. The molecule has 0 spiro atoms. The van der Waals surface area contributed by atoms with Crippen LogP contribution in [0.5, 0.6) is 11.8 Å². The second-order valence-electron chi connectivity index (χ2n) is 12.3. The number of hydrogen-bond donors (Lipinski definition) is 1. The van der Waals surface area contributed by atoms with Gasteiger partial charge in [0.25, 0.3) is 0 Å².